The van der Waals surface area contributed by atoms with Crippen LogP contribution in [0, 0.1) is 59.2 Å². The molecule has 6 fully saturated rings. The lowest BCUT2D eigenvalue weighted by Crippen LogP contribution is -2.46. The van der Waals surface area contributed by atoms with Crippen LogP contribution in [0.15, 0.2) is 0 Å². The predicted molar refractivity (Wildman–Crippen MR) is 145 cm³/mol. The molecule has 0 aliphatic heterocycles. The standard InChI is InChI=1S/2C15H19NO6/c2*1-4-21-13(19)9-7-8(9)12(18)15(16-6(3)17)10(7)11(15)14(20)22-5-2/h2*7-11H,4-5H2,1-3H3,(H,16,17)/t2*7-,8+,9+,10+,11-,15-/m10/s1. The van der Waals surface area contributed by atoms with E-state index in [4.69, 9.17) is 18.9 Å². The van der Waals surface area contributed by atoms with Crippen LogP contribution in [0.25, 0.3) is 0 Å². The minimum atomic E-state index is -1.16. The van der Waals surface area contributed by atoms with Crippen LogP contribution in [0.1, 0.15) is 41.5 Å². The number of rotatable bonds is 10. The van der Waals surface area contributed by atoms with Crippen LogP contribution in [-0.4, -0.2) is 84.8 Å². The van der Waals surface area contributed by atoms with Crippen molar-refractivity contribution in [1.29, 1.82) is 0 Å². The van der Waals surface area contributed by atoms with Crippen molar-refractivity contribution < 1.29 is 57.3 Å². The molecule has 6 saturated carbocycles. The number of Topliss-reactive ketones (excluding diaryl/α,β-unsaturated/α-hetero) is 2. The molecule has 2 N–H and O–H groups in total. The van der Waals surface area contributed by atoms with Crippen LogP contribution in [0.2, 0.25) is 0 Å². The molecule has 0 unspecified atom stereocenters. The van der Waals surface area contributed by atoms with Gasteiger partial charge in [-0.3, -0.25) is 38.4 Å². The van der Waals surface area contributed by atoms with E-state index in [9.17, 15) is 38.4 Å². The zero-order chi connectivity index (χ0) is 32.5. The number of carbonyl (C=O) groups excluding carboxylic acids is 8. The summed E-state index contributed by atoms with van der Waals surface area (Å²) in [6, 6.07) is 0. The summed E-state index contributed by atoms with van der Waals surface area (Å²) in [5, 5.41) is 5.28. The Labute approximate surface area is 253 Å². The first kappa shape index (κ1) is 31.6. The molecule has 6 aliphatic carbocycles. The van der Waals surface area contributed by atoms with Gasteiger partial charge in [0.1, 0.15) is 11.1 Å². The largest absolute Gasteiger partial charge is 0.466 e. The van der Waals surface area contributed by atoms with Crippen molar-refractivity contribution in [2.45, 2.75) is 52.6 Å². The summed E-state index contributed by atoms with van der Waals surface area (Å²) in [6.45, 7) is 10.3. The fourth-order valence-corrected chi connectivity index (χ4v) is 8.55. The van der Waals surface area contributed by atoms with E-state index in [1.54, 1.807) is 27.7 Å². The molecule has 240 valence electrons. The van der Waals surface area contributed by atoms with E-state index < -0.39 is 70.5 Å². The van der Waals surface area contributed by atoms with Crippen molar-refractivity contribution in [3.05, 3.63) is 0 Å². The van der Waals surface area contributed by atoms with Crippen molar-refractivity contribution in [3.63, 3.8) is 0 Å². The van der Waals surface area contributed by atoms with Crippen molar-refractivity contribution in [2.24, 2.45) is 59.2 Å². The Balaban J connectivity index is 0.000000175. The average Bonchev–Trinajstić information content (AvgIpc) is 3.82. The molecule has 6 aliphatic rings. The number of ketones is 2. The SMILES string of the molecule is CCOC(=O)[C@@H]1[C@H]2C(=O)[C@@]3(NC(C)=O)[C@@H]([C@@H]12)[C@@H]3C(=O)OCC.CCOC(=O)[C@H]1[C@@H]2C(=O)[C@]3(NC(C)=O)[C@H]([C@H]12)[C@H]3C(=O)OCC. The third-order valence-electron chi connectivity index (χ3n) is 9.90. The van der Waals surface area contributed by atoms with E-state index >= 15 is 0 Å². The molecular weight excluding hydrogens is 580 g/mol. The highest BCUT2D eigenvalue weighted by Gasteiger charge is 2.91. The molecule has 2 amide bonds. The third-order valence-corrected chi connectivity index (χ3v) is 9.90. The maximum Gasteiger partial charge on any atom is 0.312 e. The van der Waals surface area contributed by atoms with E-state index in [1.807, 2.05) is 0 Å². The molecule has 0 saturated heterocycles. The topological polar surface area (TPSA) is 198 Å². The molecule has 0 spiro atoms. The molecule has 14 heteroatoms. The van der Waals surface area contributed by atoms with Crippen molar-refractivity contribution in [2.75, 3.05) is 26.4 Å². The summed E-state index contributed by atoms with van der Waals surface area (Å²) in [5.74, 6) is -7.21. The lowest BCUT2D eigenvalue weighted by molar-refractivity contribution is -0.148. The number of hydrogen-bond acceptors (Lipinski definition) is 12. The van der Waals surface area contributed by atoms with Gasteiger partial charge in [0.25, 0.3) is 0 Å². The number of hydrogen-bond donors (Lipinski definition) is 2. The Bertz CT molecular complexity index is 1240. The van der Waals surface area contributed by atoms with Crippen molar-refractivity contribution >= 4 is 47.3 Å². The van der Waals surface area contributed by atoms with Crippen LogP contribution in [0.4, 0.5) is 0 Å². The molecule has 0 heterocycles. The van der Waals surface area contributed by atoms with Crippen LogP contribution in [0.5, 0.6) is 0 Å². The summed E-state index contributed by atoms with van der Waals surface area (Å²) < 4.78 is 20.0. The maximum atomic E-state index is 12.7. The fraction of sp³-hybridized carbons (Fsp3) is 0.733. The van der Waals surface area contributed by atoms with Gasteiger partial charge in [-0.2, -0.15) is 0 Å². The van der Waals surface area contributed by atoms with Gasteiger partial charge >= 0.3 is 23.9 Å². The van der Waals surface area contributed by atoms with Gasteiger partial charge in [0.2, 0.25) is 11.8 Å². The first-order chi connectivity index (χ1) is 20.8. The van der Waals surface area contributed by atoms with E-state index in [2.05, 4.69) is 10.6 Å². The molecule has 0 radical (unpaired) electrons. The summed E-state index contributed by atoms with van der Waals surface area (Å²) in [5.41, 5.74) is -2.31. The Morgan fingerprint density at radius 2 is 0.864 bits per heavy atom. The summed E-state index contributed by atoms with van der Waals surface area (Å²) >= 11 is 0. The zero-order valence-electron chi connectivity index (χ0n) is 25.5. The third kappa shape index (κ3) is 4.34. The maximum absolute atomic E-state index is 12.7. The molecular formula is C30H38N2O12. The minimum absolute atomic E-state index is 0.210. The number of ether oxygens (including phenoxy) is 4. The Morgan fingerprint density at radius 3 is 1.14 bits per heavy atom. The highest BCUT2D eigenvalue weighted by atomic mass is 16.5. The average molecular weight is 619 g/mol. The number of carbonyl (C=O) groups is 8. The first-order valence-electron chi connectivity index (χ1n) is 15.2. The smallest absolute Gasteiger partial charge is 0.312 e. The van der Waals surface area contributed by atoms with Crippen LogP contribution in [0.3, 0.4) is 0 Å². The van der Waals surface area contributed by atoms with E-state index in [1.165, 1.54) is 13.8 Å². The van der Waals surface area contributed by atoms with Gasteiger partial charge in [0.15, 0.2) is 11.6 Å². The molecule has 44 heavy (non-hydrogen) atoms. The molecule has 0 aromatic carbocycles. The van der Waals surface area contributed by atoms with Crippen LogP contribution in [-0.2, 0) is 57.3 Å². The summed E-state index contributed by atoms with van der Waals surface area (Å²) in [6.07, 6.45) is 0. The van der Waals surface area contributed by atoms with Gasteiger partial charge in [-0.05, 0) is 39.5 Å². The normalized spacial score (nSPS) is 40.3. The highest BCUT2D eigenvalue weighted by molar-refractivity contribution is 6.12. The lowest BCUT2D eigenvalue weighted by atomic mass is 10.0. The van der Waals surface area contributed by atoms with Gasteiger partial charge in [-0.15, -0.1) is 0 Å². The quantitative estimate of drug-likeness (QED) is 0.232. The Morgan fingerprint density at radius 1 is 0.568 bits per heavy atom. The number of esters is 4. The second-order valence-corrected chi connectivity index (χ2v) is 12.1. The first-order valence-corrected chi connectivity index (χ1v) is 15.2. The minimum Gasteiger partial charge on any atom is -0.466 e. The van der Waals surface area contributed by atoms with Gasteiger partial charge in [0, 0.05) is 37.5 Å². The molecule has 0 bridgehead atoms. The van der Waals surface area contributed by atoms with Gasteiger partial charge < -0.3 is 29.6 Å². The molecule has 0 aromatic rings. The van der Waals surface area contributed by atoms with E-state index in [0.29, 0.717) is 0 Å². The van der Waals surface area contributed by atoms with Gasteiger partial charge in [0.05, 0.1) is 50.1 Å². The van der Waals surface area contributed by atoms with Gasteiger partial charge in [-0.25, -0.2) is 0 Å². The molecule has 14 nitrogen and oxygen atoms in total. The number of fused-ring (bicyclic) bond motifs is 6. The Hall–Kier alpha value is -3.84. The summed E-state index contributed by atoms with van der Waals surface area (Å²) in [4.78, 5) is 96.1. The lowest BCUT2D eigenvalue weighted by Gasteiger charge is -2.16. The van der Waals surface area contributed by atoms with Gasteiger partial charge in [-0.1, -0.05) is 0 Å². The van der Waals surface area contributed by atoms with E-state index in [-0.39, 0.29) is 73.5 Å². The van der Waals surface area contributed by atoms with E-state index in [0.717, 1.165) is 0 Å². The molecule has 0 aromatic heterocycles. The van der Waals surface area contributed by atoms with Crippen LogP contribution >= 0.6 is 0 Å². The molecule has 12 atom stereocenters. The second-order valence-electron chi connectivity index (χ2n) is 12.1. The Kier molecular flexibility index (Phi) is 7.86. The van der Waals surface area contributed by atoms with Crippen molar-refractivity contribution in [1.82, 2.24) is 10.6 Å². The second kappa shape index (κ2) is 11.0. The molecule has 6 rings (SSSR count). The number of nitrogens with one attached hydrogen (secondary N) is 2. The van der Waals surface area contributed by atoms with Crippen LogP contribution < -0.4 is 10.6 Å². The zero-order valence-corrected chi connectivity index (χ0v) is 25.5. The number of amides is 2. The highest BCUT2D eigenvalue weighted by Crippen LogP contribution is 2.76. The van der Waals surface area contributed by atoms with Crippen molar-refractivity contribution in [3.8, 4) is 0 Å². The monoisotopic (exact) mass is 618 g/mol. The fourth-order valence-electron chi connectivity index (χ4n) is 8.55. The predicted octanol–water partition coefficient (Wildman–Crippen LogP) is -0.643. The summed E-state index contributed by atoms with van der Waals surface area (Å²) in [7, 11) is 0.